The number of hydrogen-bond donors (Lipinski definition) is 2. The molecule has 1 heterocycles. The van der Waals surface area contributed by atoms with Gasteiger partial charge in [-0.3, -0.25) is 4.79 Å². The largest absolute Gasteiger partial charge is 0.438 e. The van der Waals surface area contributed by atoms with Gasteiger partial charge in [0.05, 0.1) is 6.04 Å². The zero-order valence-electron chi connectivity index (χ0n) is 16.5. The summed E-state index contributed by atoms with van der Waals surface area (Å²) in [6.07, 6.45) is 0.382. The van der Waals surface area contributed by atoms with Crippen molar-refractivity contribution in [2.24, 2.45) is 0 Å². The van der Waals surface area contributed by atoms with Gasteiger partial charge in [0.25, 0.3) is 15.9 Å². The number of halogens is 2. The van der Waals surface area contributed by atoms with Gasteiger partial charge in [-0.2, -0.15) is 8.78 Å². The third-order valence-corrected chi connectivity index (χ3v) is 5.36. The van der Waals surface area contributed by atoms with Crippen LogP contribution < -0.4 is 14.8 Å². The maximum atomic E-state index is 12.6. The van der Waals surface area contributed by atoms with Crippen LogP contribution in [0, 0.1) is 0 Å². The SMILES string of the molecule is CCC(NC(=O)c1ccc(S(=O)(=O)NC(C)(C)C)o1)c1ccccc1OC(F)F. The average molecular weight is 430 g/mol. The number of para-hydroxylation sites is 1. The van der Waals surface area contributed by atoms with E-state index in [0.717, 1.165) is 0 Å². The van der Waals surface area contributed by atoms with Crippen LogP contribution in [0.4, 0.5) is 8.78 Å². The van der Waals surface area contributed by atoms with E-state index in [0.29, 0.717) is 12.0 Å². The quantitative estimate of drug-likeness (QED) is 0.663. The normalized spacial score (nSPS) is 13.3. The van der Waals surface area contributed by atoms with Crippen molar-refractivity contribution >= 4 is 15.9 Å². The number of carbonyl (C=O) groups excluding carboxylic acids is 1. The number of ether oxygens (including phenoxy) is 1. The molecule has 0 saturated heterocycles. The van der Waals surface area contributed by atoms with Crippen LogP contribution >= 0.6 is 0 Å². The summed E-state index contributed by atoms with van der Waals surface area (Å²) in [5.41, 5.74) is -0.354. The fourth-order valence-electron chi connectivity index (χ4n) is 2.64. The van der Waals surface area contributed by atoms with E-state index in [9.17, 15) is 22.0 Å². The Hall–Kier alpha value is -2.46. The van der Waals surface area contributed by atoms with Gasteiger partial charge < -0.3 is 14.5 Å². The van der Waals surface area contributed by atoms with Gasteiger partial charge in [-0.05, 0) is 45.4 Å². The molecule has 29 heavy (non-hydrogen) atoms. The smallest absolute Gasteiger partial charge is 0.387 e. The highest BCUT2D eigenvalue weighted by Gasteiger charge is 2.27. The maximum absolute atomic E-state index is 12.6. The number of nitrogens with one attached hydrogen (secondary N) is 2. The highest BCUT2D eigenvalue weighted by Crippen LogP contribution is 2.29. The number of hydrogen-bond acceptors (Lipinski definition) is 5. The lowest BCUT2D eigenvalue weighted by atomic mass is 10.0. The molecule has 1 aromatic heterocycles. The van der Waals surface area contributed by atoms with Crippen LogP contribution in [0.1, 0.15) is 56.3 Å². The molecule has 160 valence electrons. The molecule has 0 spiro atoms. The summed E-state index contributed by atoms with van der Waals surface area (Å²) in [6.45, 7) is 3.77. The Bertz CT molecular complexity index is 952. The van der Waals surface area contributed by atoms with E-state index in [1.165, 1.54) is 18.2 Å². The first kappa shape index (κ1) is 22.8. The number of benzene rings is 1. The molecule has 1 amide bonds. The number of sulfonamides is 1. The minimum absolute atomic E-state index is 0.0493. The van der Waals surface area contributed by atoms with Crippen molar-refractivity contribution in [3.05, 3.63) is 47.7 Å². The molecule has 0 aliphatic rings. The van der Waals surface area contributed by atoms with Crippen molar-refractivity contribution < 1.29 is 31.1 Å². The summed E-state index contributed by atoms with van der Waals surface area (Å²) in [7, 11) is -3.94. The van der Waals surface area contributed by atoms with Gasteiger partial charge in [0.1, 0.15) is 5.75 Å². The van der Waals surface area contributed by atoms with Crippen molar-refractivity contribution in [2.45, 2.75) is 57.4 Å². The Balaban J connectivity index is 2.21. The fraction of sp³-hybridized carbons (Fsp3) is 0.421. The first-order valence-corrected chi connectivity index (χ1v) is 10.4. The Morgan fingerprint density at radius 3 is 2.41 bits per heavy atom. The van der Waals surface area contributed by atoms with Crippen LogP contribution in [0.5, 0.6) is 5.75 Å². The van der Waals surface area contributed by atoms with E-state index in [1.54, 1.807) is 45.9 Å². The zero-order valence-corrected chi connectivity index (χ0v) is 17.3. The second kappa shape index (κ2) is 8.91. The molecule has 0 saturated carbocycles. The predicted molar refractivity (Wildman–Crippen MR) is 102 cm³/mol. The summed E-state index contributed by atoms with van der Waals surface area (Å²) in [4.78, 5) is 12.5. The Morgan fingerprint density at radius 2 is 1.83 bits per heavy atom. The molecular weight excluding hydrogens is 406 g/mol. The highest BCUT2D eigenvalue weighted by molar-refractivity contribution is 7.89. The Labute approximate surface area is 168 Å². The van der Waals surface area contributed by atoms with Gasteiger partial charge in [0.2, 0.25) is 5.09 Å². The summed E-state index contributed by atoms with van der Waals surface area (Å²) in [5, 5.41) is 2.26. The molecule has 0 bridgehead atoms. The van der Waals surface area contributed by atoms with Crippen LogP contribution in [0.3, 0.4) is 0 Å². The van der Waals surface area contributed by atoms with Gasteiger partial charge in [-0.15, -0.1) is 0 Å². The maximum Gasteiger partial charge on any atom is 0.387 e. The summed E-state index contributed by atoms with van der Waals surface area (Å²) < 4.78 is 62.1. The van der Waals surface area contributed by atoms with Crippen molar-refractivity contribution in [3.8, 4) is 5.75 Å². The fourth-order valence-corrected chi connectivity index (χ4v) is 3.99. The molecule has 2 N–H and O–H groups in total. The number of amides is 1. The number of alkyl halides is 2. The van der Waals surface area contributed by atoms with E-state index < -0.39 is 39.2 Å². The first-order chi connectivity index (χ1) is 13.4. The first-order valence-electron chi connectivity index (χ1n) is 8.91. The van der Waals surface area contributed by atoms with Gasteiger partial charge in [0, 0.05) is 11.1 Å². The monoisotopic (exact) mass is 430 g/mol. The van der Waals surface area contributed by atoms with Crippen LogP contribution in [-0.4, -0.2) is 26.5 Å². The van der Waals surface area contributed by atoms with E-state index in [2.05, 4.69) is 14.8 Å². The van der Waals surface area contributed by atoms with Crippen LogP contribution in [0.15, 0.2) is 45.9 Å². The molecule has 7 nitrogen and oxygen atoms in total. The van der Waals surface area contributed by atoms with Crippen molar-refractivity contribution in [1.82, 2.24) is 10.0 Å². The lowest BCUT2D eigenvalue weighted by Gasteiger charge is -2.20. The van der Waals surface area contributed by atoms with Crippen LogP contribution in [0.25, 0.3) is 0 Å². The predicted octanol–water partition coefficient (Wildman–Crippen LogP) is 3.84. The standard InChI is InChI=1S/C19H24F2N2O5S/c1-5-13(12-8-6-7-9-14(12)28-18(20)21)22-17(24)15-10-11-16(27-15)29(25,26)23-19(2,3)4/h6-11,13,18,23H,5H2,1-4H3,(H,22,24). The number of carbonyl (C=O) groups is 1. The van der Waals surface area contributed by atoms with Crippen molar-refractivity contribution in [2.75, 3.05) is 0 Å². The zero-order chi connectivity index (χ0) is 21.8. The van der Waals surface area contributed by atoms with Crippen molar-refractivity contribution in [3.63, 3.8) is 0 Å². The third kappa shape index (κ3) is 6.26. The Kier molecular flexibility index (Phi) is 7.02. The molecule has 2 rings (SSSR count). The van der Waals surface area contributed by atoms with E-state index >= 15 is 0 Å². The topological polar surface area (TPSA) is 97.6 Å². The lowest BCUT2D eigenvalue weighted by molar-refractivity contribution is -0.0507. The minimum Gasteiger partial charge on any atom is -0.438 e. The van der Waals surface area contributed by atoms with Crippen LogP contribution in [-0.2, 0) is 10.0 Å². The molecular formula is C19H24F2N2O5S. The molecule has 1 atom stereocenters. The molecule has 0 fully saturated rings. The second-order valence-corrected chi connectivity index (χ2v) is 8.94. The van der Waals surface area contributed by atoms with Gasteiger partial charge in [-0.1, -0.05) is 25.1 Å². The van der Waals surface area contributed by atoms with E-state index in [4.69, 9.17) is 4.42 Å². The number of rotatable bonds is 8. The van der Waals surface area contributed by atoms with Crippen molar-refractivity contribution in [1.29, 1.82) is 0 Å². The summed E-state index contributed by atoms with van der Waals surface area (Å²) in [6, 6.07) is 7.90. The highest BCUT2D eigenvalue weighted by atomic mass is 32.2. The van der Waals surface area contributed by atoms with Gasteiger partial charge in [0.15, 0.2) is 5.76 Å². The van der Waals surface area contributed by atoms with E-state index in [1.807, 2.05) is 0 Å². The van der Waals surface area contributed by atoms with Crippen LogP contribution in [0.2, 0.25) is 0 Å². The van der Waals surface area contributed by atoms with Gasteiger partial charge in [-0.25, -0.2) is 13.1 Å². The number of furan rings is 1. The molecule has 0 aliphatic carbocycles. The molecule has 10 heteroatoms. The molecule has 1 unspecified atom stereocenters. The molecule has 2 aromatic rings. The average Bonchev–Trinajstić information content (AvgIpc) is 3.09. The third-order valence-electron chi connectivity index (χ3n) is 3.73. The summed E-state index contributed by atoms with van der Waals surface area (Å²) >= 11 is 0. The minimum atomic E-state index is -3.94. The summed E-state index contributed by atoms with van der Waals surface area (Å²) in [5.74, 6) is -0.947. The lowest BCUT2D eigenvalue weighted by Crippen LogP contribution is -2.40. The molecule has 1 aromatic carbocycles. The molecule has 0 aliphatic heterocycles. The second-order valence-electron chi connectivity index (χ2n) is 7.32. The Morgan fingerprint density at radius 1 is 1.17 bits per heavy atom. The van der Waals surface area contributed by atoms with Gasteiger partial charge >= 0.3 is 6.61 Å². The van der Waals surface area contributed by atoms with E-state index in [-0.39, 0.29) is 11.5 Å². The molecule has 0 radical (unpaired) electrons.